The summed E-state index contributed by atoms with van der Waals surface area (Å²) in [5.74, 6) is -0.368. The van der Waals surface area contributed by atoms with Crippen LogP contribution in [-0.2, 0) is 19.6 Å². The van der Waals surface area contributed by atoms with Crippen LogP contribution < -0.4 is 0 Å². The predicted octanol–water partition coefficient (Wildman–Crippen LogP) is 4.91. The monoisotopic (exact) mass is 468 g/mol. The van der Waals surface area contributed by atoms with Gasteiger partial charge < -0.3 is 14.3 Å². The van der Waals surface area contributed by atoms with Crippen molar-refractivity contribution in [2.75, 3.05) is 0 Å². The Morgan fingerprint density at radius 1 is 0.970 bits per heavy atom. The minimum absolute atomic E-state index is 0.368. The first kappa shape index (κ1) is 25.7. The minimum Gasteiger partial charge on any atom is -0.455 e. The Bertz CT molecular complexity index is 884. The smallest absolute Gasteiger partial charge is 0.319 e. The van der Waals surface area contributed by atoms with Gasteiger partial charge in [-0.25, -0.2) is 0 Å². The molecule has 1 fully saturated rings. The highest BCUT2D eigenvalue weighted by atomic mass is 28.2. The Hall–Kier alpha value is -1.95. The molecule has 1 N–H and O–H groups in total. The molecule has 0 amide bonds. The number of hydrogen-bond donors (Lipinski definition) is 1. The number of aliphatic hydroxyl groups is 1. The largest absolute Gasteiger partial charge is 0.455 e. The number of esters is 1. The SMILES string of the molecule is CCCCCC[C@@]1(C(O[SiH3])(c2ccccc2)c2ccccc2)C(=O)OC(C)(C(C)(C)C)[C@@H]1O. The van der Waals surface area contributed by atoms with Crippen LogP contribution in [0.5, 0.6) is 0 Å². The Balaban J connectivity index is 2.34. The highest BCUT2D eigenvalue weighted by molar-refractivity contribution is 5.99. The maximum Gasteiger partial charge on any atom is 0.319 e. The third-order valence-electron chi connectivity index (χ3n) is 7.87. The lowest BCUT2D eigenvalue weighted by Crippen LogP contribution is -2.61. The van der Waals surface area contributed by atoms with Crippen molar-refractivity contribution in [1.29, 1.82) is 0 Å². The maximum absolute atomic E-state index is 14.1. The summed E-state index contributed by atoms with van der Waals surface area (Å²) < 4.78 is 12.8. The summed E-state index contributed by atoms with van der Waals surface area (Å²) in [4.78, 5) is 14.1. The summed E-state index contributed by atoms with van der Waals surface area (Å²) in [7, 11) is 0.381. The zero-order chi connectivity index (χ0) is 24.3. The lowest BCUT2D eigenvalue weighted by molar-refractivity contribution is -0.166. The summed E-state index contributed by atoms with van der Waals surface area (Å²) in [6, 6.07) is 19.8. The molecule has 180 valence electrons. The van der Waals surface area contributed by atoms with Crippen LogP contribution in [0.4, 0.5) is 0 Å². The number of carbonyl (C=O) groups is 1. The minimum atomic E-state index is -1.27. The van der Waals surface area contributed by atoms with Gasteiger partial charge in [-0.2, -0.15) is 0 Å². The lowest BCUT2D eigenvalue weighted by Gasteiger charge is -2.50. The molecule has 5 heteroatoms. The second-order valence-electron chi connectivity index (χ2n) is 10.5. The Morgan fingerprint density at radius 2 is 1.48 bits per heavy atom. The first-order chi connectivity index (χ1) is 15.6. The van der Waals surface area contributed by atoms with Crippen LogP contribution in [0.2, 0.25) is 0 Å². The van der Waals surface area contributed by atoms with E-state index in [4.69, 9.17) is 9.16 Å². The van der Waals surface area contributed by atoms with Crippen LogP contribution in [-0.4, -0.2) is 33.3 Å². The van der Waals surface area contributed by atoms with Gasteiger partial charge in [0, 0.05) is 5.41 Å². The van der Waals surface area contributed by atoms with Gasteiger partial charge in [0.05, 0.1) is 0 Å². The van der Waals surface area contributed by atoms with Crippen LogP contribution in [0.1, 0.15) is 77.8 Å². The fourth-order valence-electron chi connectivity index (χ4n) is 5.51. The molecule has 1 unspecified atom stereocenters. The van der Waals surface area contributed by atoms with Crippen LogP contribution in [0.25, 0.3) is 0 Å². The summed E-state index contributed by atoms with van der Waals surface area (Å²) in [5, 5.41) is 12.2. The molecule has 2 aromatic rings. The average molecular weight is 469 g/mol. The second-order valence-corrected chi connectivity index (χ2v) is 11.0. The molecule has 0 aliphatic carbocycles. The number of carbonyl (C=O) groups excluding carboxylic acids is 1. The summed E-state index contributed by atoms with van der Waals surface area (Å²) in [6.07, 6.45) is 3.43. The third kappa shape index (κ3) is 3.98. The van der Waals surface area contributed by atoms with Gasteiger partial charge in [-0.1, -0.05) is 114 Å². The molecule has 0 bridgehead atoms. The van der Waals surface area contributed by atoms with Crippen LogP contribution >= 0.6 is 0 Å². The lowest BCUT2D eigenvalue weighted by atomic mass is 9.56. The third-order valence-corrected chi connectivity index (χ3v) is 8.48. The van der Waals surface area contributed by atoms with Crippen LogP contribution in [0.15, 0.2) is 60.7 Å². The van der Waals surface area contributed by atoms with Crippen molar-refractivity contribution in [2.24, 2.45) is 10.8 Å². The van der Waals surface area contributed by atoms with Gasteiger partial charge in [0.25, 0.3) is 0 Å². The average Bonchev–Trinajstić information content (AvgIpc) is 3.01. The fraction of sp³-hybridized carbons (Fsp3) is 0.536. The van der Waals surface area contributed by atoms with Crippen molar-refractivity contribution >= 4 is 16.5 Å². The van der Waals surface area contributed by atoms with Crippen LogP contribution in [0.3, 0.4) is 0 Å². The van der Waals surface area contributed by atoms with Gasteiger partial charge in [0.15, 0.2) is 0 Å². The quantitative estimate of drug-likeness (QED) is 0.323. The van der Waals surface area contributed by atoms with Crippen molar-refractivity contribution in [3.63, 3.8) is 0 Å². The number of aliphatic hydroxyl groups excluding tert-OH is 1. The second kappa shape index (κ2) is 9.73. The van der Waals surface area contributed by atoms with Crippen molar-refractivity contribution in [3.05, 3.63) is 71.8 Å². The van der Waals surface area contributed by atoms with E-state index < -0.39 is 28.1 Å². The summed E-state index contributed by atoms with van der Waals surface area (Å²) in [5.41, 5.74) is -2.19. The standard InChI is InChI=1S/C28H40O4Si/c1-6-7-8-15-20-27(23(29)26(5,25(2,3)4)31-24(27)30)28(32-33,21-16-11-9-12-17-21)22-18-13-10-14-19-22/h9-14,16-19,23,29H,6-8,15,20H2,1-5,33H3/t23-,26?,27-/m0/s1. The Labute approximate surface area is 202 Å². The number of rotatable bonds is 9. The molecule has 0 saturated carbocycles. The molecule has 1 saturated heterocycles. The van der Waals surface area contributed by atoms with Gasteiger partial charge in [0.1, 0.15) is 33.2 Å². The highest BCUT2D eigenvalue weighted by Gasteiger charge is 2.74. The van der Waals surface area contributed by atoms with E-state index in [0.29, 0.717) is 16.9 Å². The number of unbranched alkanes of at least 4 members (excludes halogenated alkanes) is 3. The zero-order valence-corrected chi connectivity index (χ0v) is 23.1. The van der Waals surface area contributed by atoms with E-state index in [1.165, 1.54) is 0 Å². The number of cyclic esters (lactones) is 1. The van der Waals surface area contributed by atoms with Gasteiger partial charge in [-0.15, -0.1) is 0 Å². The molecule has 2 aromatic carbocycles. The number of ether oxygens (including phenoxy) is 1. The Morgan fingerprint density at radius 3 is 1.88 bits per heavy atom. The van der Waals surface area contributed by atoms with E-state index in [1.54, 1.807) is 0 Å². The maximum atomic E-state index is 14.1. The normalized spacial score (nSPS) is 25.9. The molecule has 0 spiro atoms. The highest BCUT2D eigenvalue weighted by Crippen LogP contribution is 2.61. The molecule has 1 aliphatic rings. The van der Waals surface area contributed by atoms with Crippen molar-refractivity contribution < 1.29 is 19.1 Å². The molecule has 33 heavy (non-hydrogen) atoms. The molecular weight excluding hydrogens is 428 g/mol. The van der Waals surface area contributed by atoms with E-state index in [0.717, 1.165) is 36.8 Å². The van der Waals surface area contributed by atoms with Gasteiger partial charge in [0.2, 0.25) is 0 Å². The molecule has 1 aliphatic heterocycles. The summed E-state index contributed by atoms with van der Waals surface area (Å²) in [6.45, 7) is 10.1. The van der Waals surface area contributed by atoms with Gasteiger partial charge in [-0.3, -0.25) is 4.79 Å². The summed E-state index contributed by atoms with van der Waals surface area (Å²) >= 11 is 0. The van der Waals surface area contributed by atoms with Crippen molar-refractivity contribution in [2.45, 2.75) is 84.0 Å². The van der Waals surface area contributed by atoms with Crippen molar-refractivity contribution in [3.8, 4) is 0 Å². The Kier molecular flexibility index (Phi) is 7.57. The molecule has 3 atom stereocenters. The molecular formula is C28H40O4Si. The first-order valence-corrected chi connectivity index (χ1v) is 13.0. The zero-order valence-electron chi connectivity index (χ0n) is 21.1. The van der Waals surface area contributed by atoms with E-state index in [-0.39, 0.29) is 5.97 Å². The number of hydrogen-bond acceptors (Lipinski definition) is 4. The predicted molar refractivity (Wildman–Crippen MR) is 136 cm³/mol. The van der Waals surface area contributed by atoms with E-state index >= 15 is 0 Å². The van der Waals surface area contributed by atoms with Crippen molar-refractivity contribution in [1.82, 2.24) is 0 Å². The van der Waals surface area contributed by atoms with E-state index in [1.807, 2.05) is 88.4 Å². The van der Waals surface area contributed by atoms with E-state index in [2.05, 4.69) is 6.92 Å². The van der Waals surface area contributed by atoms with Gasteiger partial charge in [-0.05, 0) is 24.5 Å². The number of benzene rings is 2. The van der Waals surface area contributed by atoms with Crippen LogP contribution in [0, 0.1) is 10.8 Å². The molecule has 1 heterocycles. The molecule has 4 nitrogen and oxygen atoms in total. The molecule has 3 rings (SSSR count). The van der Waals surface area contributed by atoms with Gasteiger partial charge >= 0.3 is 5.97 Å². The van der Waals surface area contributed by atoms with E-state index in [9.17, 15) is 9.90 Å². The fourth-order valence-corrected chi connectivity index (χ4v) is 6.35. The first-order valence-electron chi connectivity index (χ1n) is 12.2. The molecule has 0 aromatic heterocycles. The molecule has 0 radical (unpaired) electrons. The topological polar surface area (TPSA) is 55.8 Å².